The first-order chi connectivity index (χ1) is 24.6. The summed E-state index contributed by atoms with van der Waals surface area (Å²) in [6.07, 6.45) is 40.6. The molecule has 2 amide bonds. The molecule has 0 spiro atoms. The normalized spacial score (nSPS) is 13.3. The Morgan fingerprint density at radius 3 is 1.41 bits per heavy atom. The first kappa shape index (κ1) is 49.6. The third kappa shape index (κ3) is 32.9. The quantitative estimate of drug-likeness (QED) is 0.0257. The molecule has 0 rings (SSSR count). The molecular formula is C44H90N5O2+. The van der Waals surface area contributed by atoms with E-state index in [9.17, 15) is 9.59 Å². The lowest BCUT2D eigenvalue weighted by atomic mass is 10.0. The first-order valence-corrected chi connectivity index (χ1v) is 22.1. The van der Waals surface area contributed by atoms with E-state index in [0.717, 1.165) is 30.2 Å². The van der Waals surface area contributed by atoms with Crippen molar-refractivity contribution in [1.82, 2.24) is 20.9 Å². The molecule has 3 N–H and O–H groups in total. The number of amides is 2. The maximum atomic E-state index is 13.3. The average Bonchev–Trinajstić information content (AvgIpc) is 3.08. The number of nitrogens with one attached hydrogen (secondary N) is 3. The fourth-order valence-corrected chi connectivity index (χ4v) is 7.05. The van der Waals surface area contributed by atoms with E-state index in [0.29, 0.717) is 25.9 Å². The van der Waals surface area contributed by atoms with E-state index in [2.05, 4.69) is 82.1 Å². The highest BCUT2D eigenvalue weighted by molar-refractivity contribution is 5.87. The SMILES string of the molecule is CCCCCCCCC=CCCCCCCCC(=O)NC(CCNC(N(C)C)[N+](C)(C)C)C(=O)NCCCCCCCCCCCCCCCC. The number of carbonyl (C=O) groups is 2. The summed E-state index contributed by atoms with van der Waals surface area (Å²) in [5, 5.41) is 9.84. The van der Waals surface area contributed by atoms with Crippen molar-refractivity contribution >= 4 is 11.8 Å². The van der Waals surface area contributed by atoms with Crippen molar-refractivity contribution in [3.8, 4) is 0 Å². The Labute approximate surface area is 318 Å². The van der Waals surface area contributed by atoms with E-state index in [1.54, 1.807) is 0 Å². The highest BCUT2D eigenvalue weighted by Crippen LogP contribution is 2.14. The van der Waals surface area contributed by atoms with Gasteiger partial charge in [0.1, 0.15) is 6.04 Å². The third-order valence-electron chi connectivity index (χ3n) is 10.1. The molecule has 2 unspecified atom stereocenters. The van der Waals surface area contributed by atoms with E-state index in [1.807, 2.05) is 0 Å². The van der Waals surface area contributed by atoms with Crippen LogP contribution in [0.2, 0.25) is 0 Å². The second kappa shape index (κ2) is 35.6. The zero-order valence-corrected chi connectivity index (χ0v) is 35.4. The molecule has 0 saturated carbocycles. The van der Waals surface area contributed by atoms with Crippen LogP contribution < -0.4 is 16.0 Å². The van der Waals surface area contributed by atoms with Gasteiger partial charge in [-0.2, -0.15) is 0 Å². The number of hydrogen-bond acceptors (Lipinski definition) is 4. The van der Waals surface area contributed by atoms with Crippen LogP contribution in [0.25, 0.3) is 0 Å². The summed E-state index contributed by atoms with van der Waals surface area (Å²) in [6, 6.07) is -0.505. The van der Waals surface area contributed by atoms with Gasteiger partial charge in [0.15, 0.2) is 0 Å². The fraction of sp³-hybridized carbons (Fsp3) is 0.909. The van der Waals surface area contributed by atoms with E-state index in [1.165, 1.54) is 148 Å². The summed E-state index contributed by atoms with van der Waals surface area (Å²) in [5.74, 6) is -0.0453. The average molecular weight is 721 g/mol. The number of allylic oxidation sites excluding steroid dienone is 2. The van der Waals surface area contributed by atoms with Crippen LogP contribution in [0.4, 0.5) is 0 Å². The van der Waals surface area contributed by atoms with Gasteiger partial charge in [-0.15, -0.1) is 0 Å². The number of nitrogens with zero attached hydrogens (tertiary/aromatic N) is 2. The molecule has 7 nitrogen and oxygen atoms in total. The molecule has 0 aliphatic rings. The summed E-state index contributed by atoms with van der Waals surface area (Å²) in [7, 11) is 10.6. The maximum absolute atomic E-state index is 13.3. The number of unbranched alkanes of at least 4 members (excludes halogenated alkanes) is 24. The lowest BCUT2D eigenvalue weighted by Crippen LogP contribution is -2.61. The van der Waals surface area contributed by atoms with E-state index >= 15 is 0 Å². The van der Waals surface area contributed by atoms with Crippen molar-refractivity contribution in [3.05, 3.63) is 12.2 Å². The summed E-state index contributed by atoms with van der Waals surface area (Å²) < 4.78 is 0.741. The monoisotopic (exact) mass is 721 g/mol. The van der Waals surface area contributed by atoms with Crippen molar-refractivity contribution in [3.63, 3.8) is 0 Å². The van der Waals surface area contributed by atoms with Crippen molar-refractivity contribution in [2.45, 2.75) is 212 Å². The van der Waals surface area contributed by atoms with Crippen molar-refractivity contribution < 1.29 is 14.1 Å². The Hall–Kier alpha value is -1.44. The molecule has 0 aromatic heterocycles. The minimum atomic E-state index is -0.505. The van der Waals surface area contributed by atoms with Gasteiger partial charge in [0.25, 0.3) is 0 Å². The molecule has 0 heterocycles. The molecule has 0 fully saturated rings. The van der Waals surface area contributed by atoms with Gasteiger partial charge < -0.3 is 15.1 Å². The molecule has 0 aromatic rings. The topological polar surface area (TPSA) is 73.5 Å². The molecule has 0 aliphatic heterocycles. The molecule has 2 atom stereocenters. The minimum Gasteiger partial charge on any atom is -0.354 e. The van der Waals surface area contributed by atoms with Gasteiger partial charge >= 0.3 is 0 Å². The summed E-state index contributed by atoms with van der Waals surface area (Å²) >= 11 is 0. The Morgan fingerprint density at radius 1 is 0.569 bits per heavy atom. The highest BCUT2D eigenvalue weighted by Gasteiger charge is 2.27. The van der Waals surface area contributed by atoms with Crippen molar-refractivity contribution in [2.24, 2.45) is 0 Å². The van der Waals surface area contributed by atoms with Crippen LogP contribution >= 0.6 is 0 Å². The van der Waals surface area contributed by atoms with Gasteiger partial charge in [0, 0.05) is 19.5 Å². The zero-order chi connectivity index (χ0) is 37.8. The zero-order valence-electron chi connectivity index (χ0n) is 35.4. The number of carbonyl (C=O) groups excluding carboxylic acids is 2. The Kier molecular flexibility index (Phi) is 34.6. The summed E-state index contributed by atoms with van der Waals surface area (Å²) in [6.45, 7) is 5.89. The van der Waals surface area contributed by atoms with E-state index in [-0.39, 0.29) is 18.1 Å². The van der Waals surface area contributed by atoms with Crippen LogP contribution in [-0.2, 0) is 9.59 Å². The molecule has 51 heavy (non-hydrogen) atoms. The smallest absolute Gasteiger partial charge is 0.242 e. The van der Waals surface area contributed by atoms with Crippen molar-refractivity contribution in [2.75, 3.05) is 48.3 Å². The standard InChI is InChI=1S/C44H89N5O2/c1-8-10-12-14-16-18-20-22-24-25-27-29-31-33-35-37-42(50)47-41(38-40-46-44(48(3)4)49(5,6)7)43(51)45-39-36-34-32-30-28-26-23-21-19-17-15-13-11-9-2/h22,24,41,44,46H,8-21,23,25-40H2,1-7H3,(H-,45,47,50,51)/p+1. The van der Waals surface area contributed by atoms with Crippen LogP contribution in [-0.4, -0.2) is 81.9 Å². The molecule has 0 saturated heterocycles. The highest BCUT2D eigenvalue weighted by atomic mass is 16.2. The predicted molar refractivity (Wildman–Crippen MR) is 223 cm³/mol. The van der Waals surface area contributed by atoms with Crippen LogP contribution in [0.15, 0.2) is 12.2 Å². The molecule has 7 heteroatoms. The van der Waals surface area contributed by atoms with Gasteiger partial charge in [0.05, 0.1) is 21.1 Å². The van der Waals surface area contributed by atoms with Crippen LogP contribution in [0.1, 0.15) is 200 Å². The molecular weight excluding hydrogens is 631 g/mol. The minimum absolute atomic E-state index is 0.0000303. The number of quaternary nitrogens is 1. The number of rotatable bonds is 38. The summed E-state index contributed by atoms with van der Waals surface area (Å²) in [5.41, 5.74) is 0. The van der Waals surface area contributed by atoms with E-state index < -0.39 is 6.04 Å². The lowest BCUT2D eigenvalue weighted by Gasteiger charge is -2.38. The summed E-state index contributed by atoms with van der Waals surface area (Å²) in [4.78, 5) is 28.4. The molecule has 0 bridgehead atoms. The molecule has 302 valence electrons. The van der Waals surface area contributed by atoms with Crippen molar-refractivity contribution in [1.29, 1.82) is 0 Å². The van der Waals surface area contributed by atoms with Gasteiger partial charge in [-0.1, -0.05) is 161 Å². The fourth-order valence-electron chi connectivity index (χ4n) is 7.05. The van der Waals surface area contributed by atoms with Crippen LogP contribution in [0.5, 0.6) is 0 Å². The number of hydrogen-bond donors (Lipinski definition) is 3. The van der Waals surface area contributed by atoms with Gasteiger partial charge in [-0.3, -0.25) is 14.9 Å². The Bertz CT molecular complexity index is 810. The third-order valence-corrected chi connectivity index (χ3v) is 10.1. The van der Waals surface area contributed by atoms with Gasteiger partial charge in [0.2, 0.25) is 18.1 Å². The first-order valence-electron chi connectivity index (χ1n) is 22.1. The van der Waals surface area contributed by atoms with Gasteiger partial charge in [-0.25, -0.2) is 4.90 Å². The van der Waals surface area contributed by atoms with E-state index in [4.69, 9.17) is 0 Å². The van der Waals surface area contributed by atoms with Gasteiger partial charge in [-0.05, 0) is 59.0 Å². The van der Waals surface area contributed by atoms with Crippen LogP contribution in [0, 0.1) is 0 Å². The largest absolute Gasteiger partial charge is 0.354 e. The molecule has 0 aliphatic carbocycles. The second-order valence-corrected chi connectivity index (χ2v) is 16.5. The molecule has 0 radical (unpaired) electrons. The Balaban J connectivity index is 4.34. The lowest BCUT2D eigenvalue weighted by molar-refractivity contribution is -0.911. The second-order valence-electron chi connectivity index (χ2n) is 16.5. The van der Waals surface area contributed by atoms with Crippen LogP contribution in [0.3, 0.4) is 0 Å². The predicted octanol–water partition coefficient (Wildman–Crippen LogP) is 10.6. The Morgan fingerprint density at radius 2 is 0.980 bits per heavy atom. The maximum Gasteiger partial charge on any atom is 0.242 e. The molecule has 0 aromatic carbocycles.